The Kier molecular flexibility index (Phi) is 4.25. The summed E-state index contributed by atoms with van der Waals surface area (Å²) in [7, 11) is 0. The van der Waals surface area contributed by atoms with Crippen molar-refractivity contribution in [1.82, 2.24) is 10.3 Å². The van der Waals surface area contributed by atoms with Crippen molar-refractivity contribution in [3.63, 3.8) is 0 Å². The summed E-state index contributed by atoms with van der Waals surface area (Å²) in [5.74, 6) is 1.62. The first kappa shape index (κ1) is 13.8. The van der Waals surface area contributed by atoms with E-state index in [4.69, 9.17) is 4.42 Å². The summed E-state index contributed by atoms with van der Waals surface area (Å²) >= 11 is 5.09. The van der Waals surface area contributed by atoms with Crippen molar-refractivity contribution in [3.8, 4) is 11.3 Å². The number of oxazole rings is 1. The Balaban J connectivity index is 1.94. The van der Waals surface area contributed by atoms with Crippen LogP contribution in [0.3, 0.4) is 0 Å². The van der Waals surface area contributed by atoms with E-state index in [9.17, 15) is 0 Å². The summed E-state index contributed by atoms with van der Waals surface area (Å²) in [5.41, 5.74) is 1.21. The molecule has 2 heterocycles. The Hall–Kier alpha value is -0.650. The van der Waals surface area contributed by atoms with Gasteiger partial charge in [0.15, 0.2) is 11.7 Å². The third kappa shape index (κ3) is 3.93. The molecule has 0 unspecified atom stereocenters. The summed E-state index contributed by atoms with van der Waals surface area (Å²) in [4.78, 5) is 4.30. The molecular weight excluding hydrogens is 312 g/mol. The fourth-order valence-corrected chi connectivity index (χ4v) is 2.69. The van der Waals surface area contributed by atoms with Crippen LogP contribution in [0.25, 0.3) is 11.3 Å². The van der Waals surface area contributed by atoms with Crippen LogP contribution in [-0.4, -0.2) is 17.1 Å². The van der Waals surface area contributed by atoms with Crippen molar-refractivity contribution in [2.24, 2.45) is 0 Å². The van der Waals surface area contributed by atoms with Crippen molar-refractivity contribution >= 4 is 27.3 Å². The SMILES string of the molecule is CC(C)(C)NCCc1ncc(-c2csc(Br)c2)o1. The monoisotopic (exact) mass is 328 g/mol. The Bertz CT molecular complexity index is 513. The van der Waals surface area contributed by atoms with Crippen molar-refractivity contribution < 1.29 is 4.42 Å². The van der Waals surface area contributed by atoms with Crippen LogP contribution in [0.5, 0.6) is 0 Å². The average Bonchev–Trinajstić information content (AvgIpc) is 2.85. The molecule has 0 saturated carbocycles. The van der Waals surface area contributed by atoms with E-state index in [0.717, 1.165) is 34.0 Å². The fourth-order valence-electron chi connectivity index (χ4n) is 1.54. The van der Waals surface area contributed by atoms with Gasteiger partial charge in [-0.05, 0) is 42.8 Å². The molecule has 98 valence electrons. The van der Waals surface area contributed by atoms with E-state index in [0.29, 0.717) is 0 Å². The highest BCUT2D eigenvalue weighted by molar-refractivity contribution is 9.11. The van der Waals surface area contributed by atoms with Gasteiger partial charge in [-0.25, -0.2) is 4.98 Å². The van der Waals surface area contributed by atoms with E-state index in [-0.39, 0.29) is 5.54 Å². The second-order valence-electron chi connectivity index (χ2n) is 5.18. The number of hydrogen-bond donors (Lipinski definition) is 1. The van der Waals surface area contributed by atoms with Crippen LogP contribution in [-0.2, 0) is 6.42 Å². The Morgan fingerprint density at radius 3 is 2.83 bits per heavy atom. The van der Waals surface area contributed by atoms with E-state index in [1.165, 1.54) is 0 Å². The number of halogens is 1. The Morgan fingerprint density at radius 2 is 2.22 bits per heavy atom. The molecular formula is C13H17BrN2OS. The molecule has 2 aromatic heterocycles. The highest BCUT2D eigenvalue weighted by atomic mass is 79.9. The zero-order valence-corrected chi connectivity index (χ0v) is 13.2. The lowest BCUT2D eigenvalue weighted by atomic mass is 10.1. The lowest BCUT2D eigenvalue weighted by Gasteiger charge is -2.19. The lowest BCUT2D eigenvalue weighted by Crippen LogP contribution is -2.37. The van der Waals surface area contributed by atoms with Crippen LogP contribution >= 0.6 is 27.3 Å². The molecule has 0 saturated heterocycles. The molecule has 5 heteroatoms. The molecule has 18 heavy (non-hydrogen) atoms. The van der Waals surface area contributed by atoms with Crippen LogP contribution in [0.2, 0.25) is 0 Å². The Morgan fingerprint density at radius 1 is 1.44 bits per heavy atom. The van der Waals surface area contributed by atoms with E-state index in [1.54, 1.807) is 17.5 Å². The molecule has 0 fully saturated rings. The first-order chi connectivity index (χ1) is 8.44. The maximum Gasteiger partial charge on any atom is 0.196 e. The third-order valence-electron chi connectivity index (χ3n) is 2.40. The molecule has 2 rings (SSSR count). The van der Waals surface area contributed by atoms with Gasteiger partial charge in [-0.1, -0.05) is 0 Å². The number of thiophene rings is 1. The molecule has 1 N–H and O–H groups in total. The number of nitrogens with one attached hydrogen (secondary N) is 1. The number of aromatic nitrogens is 1. The minimum atomic E-state index is 0.133. The van der Waals surface area contributed by atoms with Crippen LogP contribution < -0.4 is 5.32 Å². The van der Waals surface area contributed by atoms with Crippen molar-refractivity contribution in [3.05, 3.63) is 27.3 Å². The molecule has 0 bridgehead atoms. The normalized spacial score (nSPS) is 12.0. The predicted octanol–water partition coefficient (Wildman–Crippen LogP) is 4.10. The summed E-state index contributed by atoms with van der Waals surface area (Å²) in [6.45, 7) is 7.32. The first-order valence-corrected chi connectivity index (χ1v) is 7.55. The maximum atomic E-state index is 5.73. The minimum absolute atomic E-state index is 0.133. The molecule has 0 atom stereocenters. The lowest BCUT2D eigenvalue weighted by molar-refractivity contribution is 0.412. The first-order valence-electron chi connectivity index (χ1n) is 5.88. The summed E-state index contributed by atoms with van der Waals surface area (Å²) in [5, 5.41) is 5.48. The fraction of sp³-hybridized carbons (Fsp3) is 0.462. The Labute approximate surface area is 120 Å². The van der Waals surface area contributed by atoms with E-state index < -0.39 is 0 Å². The van der Waals surface area contributed by atoms with Crippen molar-refractivity contribution in [1.29, 1.82) is 0 Å². The minimum Gasteiger partial charge on any atom is -0.441 e. The highest BCUT2D eigenvalue weighted by Crippen LogP contribution is 2.29. The van der Waals surface area contributed by atoms with E-state index >= 15 is 0 Å². The zero-order chi connectivity index (χ0) is 13.2. The summed E-state index contributed by atoms with van der Waals surface area (Å²) < 4.78 is 6.83. The number of nitrogens with zero attached hydrogens (tertiary/aromatic N) is 1. The summed E-state index contributed by atoms with van der Waals surface area (Å²) in [6.07, 6.45) is 2.60. The van der Waals surface area contributed by atoms with Crippen molar-refractivity contribution in [2.45, 2.75) is 32.7 Å². The molecule has 0 radical (unpaired) electrons. The second kappa shape index (κ2) is 5.55. The van der Waals surface area contributed by atoms with Gasteiger partial charge in [0.25, 0.3) is 0 Å². The van der Waals surface area contributed by atoms with Gasteiger partial charge in [0.05, 0.1) is 9.98 Å². The standard InChI is InChI=1S/C13H17BrN2OS/c1-13(2,3)16-5-4-12-15-7-10(17-12)9-6-11(14)18-8-9/h6-8,16H,4-5H2,1-3H3. The zero-order valence-electron chi connectivity index (χ0n) is 10.8. The van der Waals surface area contributed by atoms with Gasteiger partial charge in [-0.2, -0.15) is 0 Å². The highest BCUT2D eigenvalue weighted by Gasteiger charge is 2.11. The van der Waals surface area contributed by atoms with Gasteiger partial charge in [0.1, 0.15) is 0 Å². The quantitative estimate of drug-likeness (QED) is 0.918. The van der Waals surface area contributed by atoms with Gasteiger partial charge in [0, 0.05) is 29.4 Å². The van der Waals surface area contributed by atoms with Crippen LogP contribution in [0.1, 0.15) is 26.7 Å². The van der Waals surface area contributed by atoms with Gasteiger partial charge in [0.2, 0.25) is 0 Å². The predicted molar refractivity (Wildman–Crippen MR) is 79.0 cm³/mol. The van der Waals surface area contributed by atoms with E-state index in [2.05, 4.69) is 52.4 Å². The largest absolute Gasteiger partial charge is 0.441 e. The third-order valence-corrected chi connectivity index (χ3v) is 3.90. The number of rotatable bonds is 4. The van der Waals surface area contributed by atoms with Crippen LogP contribution in [0, 0.1) is 0 Å². The van der Waals surface area contributed by atoms with Gasteiger partial charge in [-0.15, -0.1) is 11.3 Å². The average molecular weight is 329 g/mol. The topological polar surface area (TPSA) is 38.1 Å². The molecule has 0 aliphatic heterocycles. The molecule has 0 spiro atoms. The smallest absolute Gasteiger partial charge is 0.196 e. The second-order valence-corrected chi connectivity index (χ2v) is 7.47. The van der Waals surface area contributed by atoms with Gasteiger partial charge >= 0.3 is 0 Å². The number of hydrogen-bond acceptors (Lipinski definition) is 4. The van der Waals surface area contributed by atoms with Gasteiger partial charge in [-0.3, -0.25) is 0 Å². The molecule has 3 nitrogen and oxygen atoms in total. The van der Waals surface area contributed by atoms with Gasteiger partial charge < -0.3 is 9.73 Å². The van der Waals surface area contributed by atoms with Crippen molar-refractivity contribution in [2.75, 3.05) is 6.54 Å². The maximum absolute atomic E-state index is 5.73. The van der Waals surface area contributed by atoms with E-state index in [1.807, 2.05) is 6.07 Å². The molecule has 0 amide bonds. The molecule has 0 aromatic carbocycles. The van der Waals surface area contributed by atoms with Crippen LogP contribution in [0.15, 0.2) is 25.8 Å². The molecule has 0 aliphatic rings. The molecule has 0 aliphatic carbocycles. The summed E-state index contributed by atoms with van der Waals surface area (Å²) in [6, 6.07) is 2.04. The van der Waals surface area contributed by atoms with Crippen LogP contribution in [0.4, 0.5) is 0 Å². The molecule has 2 aromatic rings.